The number of aliphatic hydroxyl groups excluding tert-OH is 1. The normalized spacial score (nSPS) is 21.5. The second-order valence-electron chi connectivity index (χ2n) is 5.04. The van der Waals surface area contributed by atoms with Crippen molar-refractivity contribution in [3.8, 4) is 0 Å². The number of rotatable bonds is 4. The molecule has 19 heavy (non-hydrogen) atoms. The fraction of sp³-hybridized carbons (Fsp3) is 0.600. The minimum absolute atomic E-state index is 0.227. The van der Waals surface area contributed by atoms with Gasteiger partial charge in [-0.05, 0) is 44.9 Å². The summed E-state index contributed by atoms with van der Waals surface area (Å²) in [6.07, 6.45) is 1.68. The topological polar surface area (TPSA) is 32.7 Å². The highest BCUT2D eigenvalue weighted by Crippen LogP contribution is 2.30. The molecular formula is C15H22FNO2. The maximum Gasteiger partial charge on any atom is 0.123 e. The van der Waals surface area contributed by atoms with Gasteiger partial charge in [-0.15, -0.1) is 0 Å². The minimum atomic E-state index is -0.668. The van der Waals surface area contributed by atoms with Gasteiger partial charge in [0.2, 0.25) is 0 Å². The fourth-order valence-corrected chi connectivity index (χ4v) is 2.68. The van der Waals surface area contributed by atoms with Crippen molar-refractivity contribution < 1.29 is 14.2 Å². The third-order valence-electron chi connectivity index (χ3n) is 3.56. The number of ether oxygens (including phenoxy) is 1. The Hall–Kier alpha value is -1.13. The van der Waals surface area contributed by atoms with E-state index >= 15 is 0 Å². The monoisotopic (exact) mass is 267 g/mol. The van der Waals surface area contributed by atoms with E-state index in [1.54, 1.807) is 13.0 Å². The van der Waals surface area contributed by atoms with Crippen LogP contribution in [-0.4, -0.2) is 30.9 Å². The second-order valence-corrected chi connectivity index (χ2v) is 5.04. The molecule has 0 spiro atoms. The first kappa shape index (κ1) is 14.3. The van der Waals surface area contributed by atoms with Gasteiger partial charge in [0, 0.05) is 30.9 Å². The highest BCUT2D eigenvalue weighted by atomic mass is 19.1. The van der Waals surface area contributed by atoms with Gasteiger partial charge in [-0.1, -0.05) is 0 Å². The molecule has 0 saturated carbocycles. The van der Waals surface area contributed by atoms with E-state index in [4.69, 9.17) is 4.74 Å². The molecule has 0 amide bonds. The molecule has 4 heteroatoms. The second kappa shape index (κ2) is 6.35. The Kier molecular flexibility index (Phi) is 4.77. The smallest absolute Gasteiger partial charge is 0.123 e. The molecule has 1 N–H and O–H groups in total. The number of nitrogens with zero attached hydrogens (tertiary/aromatic N) is 1. The number of hydrogen-bond donors (Lipinski definition) is 1. The largest absolute Gasteiger partial charge is 0.389 e. The maximum atomic E-state index is 13.3. The van der Waals surface area contributed by atoms with Crippen LogP contribution in [0.5, 0.6) is 0 Å². The van der Waals surface area contributed by atoms with Crippen LogP contribution in [0.15, 0.2) is 18.2 Å². The molecule has 0 bridgehead atoms. The molecule has 3 nitrogen and oxygen atoms in total. The van der Waals surface area contributed by atoms with E-state index in [1.807, 2.05) is 6.92 Å². The first-order valence-corrected chi connectivity index (χ1v) is 6.96. The summed E-state index contributed by atoms with van der Waals surface area (Å²) >= 11 is 0. The van der Waals surface area contributed by atoms with Crippen molar-refractivity contribution in [1.82, 2.24) is 0 Å². The summed E-state index contributed by atoms with van der Waals surface area (Å²) in [6, 6.07) is 4.63. The lowest BCUT2D eigenvalue weighted by molar-refractivity contribution is 0.0525. The average molecular weight is 267 g/mol. The Morgan fingerprint density at radius 3 is 3.00 bits per heavy atom. The number of hydrogen-bond acceptors (Lipinski definition) is 3. The summed E-state index contributed by atoms with van der Waals surface area (Å²) in [5.41, 5.74) is 1.57. The molecule has 0 aromatic heterocycles. The van der Waals surface area contributed by atoms with Gasteiger partial charge in [0.15, 0.2) is 0 Å². The third-order valence-corrected chi connectivity index (χ3v) is 3.56. The van der Waals surface area contributed by atoms with Crippen molar-refractivity contribution >= 4 is 5.69 Å². The number of aliphatic hydroxyl groups is 1. The number of benzene rings is 1. The van der Waals surface area contributed by atoms with Crippen LogP contribution < -0.4 is 4.90 Å². The average Bonchev–Trinajstić information content (AvgIpc) is 2.39. The van der Waals surface area contributed by atoms with E-state index in [0.717, 1.165) is 31.6 Å². The maximum absolute atomic E-state index is 13.3. The first-order valence-electron chi connectivity index (χ1n) is 6.96. The van der Waals surface area contributed by atoms with Crippen molar-refractivity contribution in [1.29, 1.82) is 0 Å². The van der Waals surface area contributed by atoms with E-state index in [2.05, 4.69) is 4.90 Å². The molecular weight excluding hydrogens is 245 g/mol. The van der Waals surface area contributed by atoms with E-state index in [0.29, 0.717) is 12.2 Å². The number of anilines is 1. The summed E-state index contributed by atoms with van der Waals surface area (Å²) in [4.78, 5) is 2.19. The third kappa shape index (κ3) is 3.45. The molecule has 1 heterocycles. The molecule has 2 atom stereocenters. The van der Waals surface area contributed by atoms with E-state index in [-0.39, 0.29) is 11.9 Å². The summed E-state index contributed by atoms with van der Waals surface area (Å²) in [7, 11) is 0. The SMILES string of the molecule is CCOC1CCCN(c2ccc(F)cc2C(C)O)C1. The predicted octanol–water partition coefficient (Wildman–Crippen LogP) is 2.88. The van der Waals surface area contributed by atoms with Crippen molar-refractivity contribution in [2.75, 3.05) is 24.6 Å². The van der Waals surface area contributed by atoms with Crippen LogP contribution in [0.4, 0.5) is 10.1 Å². The quantitative estimate of drug-likeness (QED) is 0.910. The van der Waals surface area contributed by atoms with Gasteiger partial charge >= 0.3 is 0 Å². The summed E-state index contributed by atoms with van der Waals surface area (Å²) in [5, 5.41) is 9.80. The van der Waals surface area contributed by atoms with Gasteiger partial charge in [0.25, 0.3) is 0 Å². The van der Waals surface area contributed by atoms with Crippen LogP contribution in [0.1, 0.15) is 38.4 Å². The Morgan fingerprint density at radius 1 is 1.53 bits per heavy atom. The molecule has 1 aliphatic rings. The van der Waals surface area contributed by atoms with Gasteiger partial charge < -0.3 is 14.7 Å². The Bertz CT molecular complexity index is 421. The molecule has 1 aromatic rings. The van der Waals surface area contributed by atoms with Crippen LogP contribution in [-0.2, 0) is 4.74 Å². The minimum Gasteiger partial charge on any atom is -0.389 e. The Balaban J connectivity index is 2.20. The first-order chi connectivity index (χ1) is 9.11. The van der Waals surface area contributed by atoms with Crippen LogP contribution in [0.2, 0.25) is 0 Å². The summed E-state index contributed by atoms with van der Waals surface area (Å²) in [5.74, 6) is -0.307. The van der Waals surface area contributed by atoms with Gasteiger partial charge in [-0.25, -0.2) is 4.39 Å². The molecule has 0 radical (unpaired) electrons. The van der Waals surface area contributed by atoms with E-state index in [9.17, 15) is 9.50 Å². The fourth-order valence-electron chi connectivity index (χ4n) is 2.68. The highest BCUT2D eigenvalue weighted by Gasteiger charge is 2.23. The molecule has 2 rings (SSSR count). The van der Waals surface area contributed by atoms with E-state index < -0.39 is 6.10 Å². The molecule has 0 aliphatic carbocycles. The zero-order valence-electron chi connectivity index (χ0n) is 11.6. The van der Waals surface area contributed by atoms with E-state index in [1.165, 1.54) is 12.1 Å². The van der Waals surface area contributed by atoms with Crippen molar-refractivity contribution in [3.05, 3.63) is 29.6 Å². The van der Waals surface area contributed by atoms with Gasteiger partial charge in [0.1, 0.15) is 5.82 Å². The molecule has 1 aliphatic heterocycles. The Labute approximate surface area is 114 Å². The molecule has 1 aromatic carbocycles. The lowest BCUT2D eigenvalue weighted by atomic mass is 10.0. The summed E-state index contributed by atoms with van der Waals surface area (Å²) < 4.78 is 19.0. The zero-order valence-corrected chi connectivity index (χ0v) is 11.6. The highest BCUT2D eigenvalue weighted by molar-refractivity contribution is 5.55. The molecule has 1 saturated heterocycles. The standard InChI is InChI=1S/C15H22FNO2/c1-3-19-13-5-4-8-17(10-13)15-7-6-12(16)9-14(15)11(2)18/h6-7,9,11,13,18H,3-5,8,10H2,1-2H3. The zero-order chi connectivity index (χ0) is 13.8. The predicted molar refractivity (Wildman–Crippen MR) is 73.9 cm³/mol. The Morgan fingerprint density at radius 2 is 2.32 bits per heavy atom. The lowest BCUT2D eigenvalue weighted by Crippen LogP contribution is -2.40. The lowest BCUT2D eigenvalue weighted by Gasteiger charge is -2.35. The van der Waals surface area contributed by atoms with Crippen molar-refractivity contribution in [3.63, 3.8) is 0 Å². The van der Waals surface area contributed by atoms with Crippen LogP contribution >= 0.6 is 0 Å². The van der Waals surface area contributed by atoms with Crippen LogP contribution in [0, 0.1) is 5.82 Å². The molecule has 106 valence electrons. The van der Waals surface area contributed by atoms with Gasteiger partial charge in [-0.3, -0.25) is 0 Å². The van der Waals surface area contributed by atoms with Crippen molar-refractivity contribution in [2.24, 2.45) is 0 Å². The van der Waals surface area contributed by atoms with Crippen molar-refractivity contribution in [2.45, 2.75) is 38.9 Å². The summed E-state index contributed by atoms with van der Waals surface area (Å²) in [6.45, 7) is 6.11. The molecule has 1 fully saturated rings. The van der Waals surface area contributed by atoms with Gasteiger partial charge in [0.05, 0.1) is 12.2 Å². The molecule has 2 unspecified atom stereocenters. The number of halogens is 1. The van der Waals surface area contributed by atoms with Gasteiger partial charge in [-0.2, -0.15) is 0 Å². The number of piperidine rings is 1. The van der Waals surface area contributed by atoms with Crippen LogP contribution in [0.3, 0.4) is 0 Å². The van der Waals surface area contributed by atoms with Crippen LogP contribution in [0.25, 0.3) is 0 Å².